The number of hydrogen-bond acceptors (Lipinski definition) is 6. The standard InChI is InChI=1S/C23H23N3O2S/c1-3-27-17-9-7-16(8-10-17)19-11-12-20(28-19)22-21(18-6-4-5-13-24-18)25-23-26(22)14-15(2)29-23/h4-13,15,21-22H,3,14H2,1-2H3/t15-,21-,22-/m0/s1. The first-order chi connectivity index (χ1) is 14.2. The smallest absolute Gasteiger partial charge is 0.161 e. The van der Waals surface area contributed by atoms with E-state index in [9.17, 15) is 0 Å². The summed E-state index contributed by atoms with van der Waals surface area (Å²) in [5.74, 6) is 2.66. The van der Waals surface area contributed by atoms with Crippen LogP contribution < -0.4 is 4.74 Å². The van der Waals surface area contributed by atoms with Gasteiger partial charge in [0.25, 0.3) is 0 Å². The summed E-state index contributed by atoms with van der Waals surface area (Å²) in [6.45, 7) is 5.86. The summed E-state index contributed by atoms with van der Waals surface area (Å²) in [5, 5.41) is 1.62. The van der Waals surface area contributed by atoms with Crippen LogP contribution in [0.2, 0.25) is 0 Å². The quantitative estimate of drug-likeness (QED) is 0.574. The SMILES string of the molecule is CCOc1ccc(-c2ccc([C@H]3[C@H](c4ccccn4)N=C4S[C@@H](C)CN43)o2)cc1. The third kappa shape index (κ3) is 3.42. The van der Waals surface area contributed by atoms with Crippen LogP contribution in [0, 0.1) is 0 Å². The van der Waals surface area contributed by atoms with Gasteiger partial charge in [0.05, 0.1) is 12.3 Å². The van der Waals surface area contributed by atoms with Crippen molar-refractivity contribution in [2.24, 2.45) is 4.99 Å². The number of nitrogens with zero attached hydrogens (tertiary/aromatic N) is 3. The predicted molar refractivity (Wildman–Crippen MR) is 116 cm³/mol. The van der Waals surface area contributed by atoms with Gasteiger partial charge in [-0.3, -0.25) is 4.98 Å². The highest BCUT2D eigenvalue weighted by molar-refractivity contribution is 8.14. The Labute approximate surface area is 174 Å². The minimum Gasteiger partial charge on any atom is -0.494 e. The second-order valence-electron chi connectivity index (χ2n) is 7.30. The van der Waals surface area contributed by atoms with Crippen LogP contribution in [0.15, 0.2) is 70.2 Å². The molecule has 2 aliphatic rings. The maximum atomic E-state index is 6.36. The van der Waals surface area contributed by atoms with Gasteiger partial charge >= 0.3 is 0 Å². The molecule has 0 saturated carbocycles. The Morgan fingerprint density at radius 2 is 2.00 bits per heavy atom. The minimum absolute atomic E-state index is 0.0359. The maximum absolute atomic E-state index is 6.36. The molecule has 0 aliphatic carbocycles. The van der Waals surface area contributed by atoms with Gasteiger partial charge in [0.2, 0.25) is 0 Å². The van der Waals surface area contributed by atoms with Crippen LogP contribution in [0.25, 0.3) is 11.3 Å². The number of rotatable bonds is 5. The van der Waals surface area contributed by atoms with Crippen molar-refractivity contribution in [3.63, 3.8) is 0 Å². The summed E-state index contributed by atoms with van der Waals surface area (Å²) in [5.41, 5.74) is 2.02. The lowest BCUT2D eigenvalue weighted by molar-refractivity contribution is 0.277. The van der Waals surface area contributed by atoms with Crippen LogP contribution in [0.1, 0.15) is 37.4 Å². The van der Waals surface area contributed by atoms with Crippen LogP contribution in [0.4, 0.5) is 0 Å². The minimum atomic E-state index is -0.0504. The van der Waals surface area contributed by atoms with Gasteiger partial charge in [0.15, 0.2) is 5.17 Å². The van der Waals surface area contributed by atoms with Gasteiger partial charge in [-0.1, -0.05) is 24.8 Å². The van der Waals surface area contributed by atoms with E-state index in [1.54, 1.807) is 0 Å². The number of thioether (sulfide) groups is 1. The molecule has 1 fully saturated rings. The van der Waals surface area contributed by atoms with Crippen molar-refractivity contribution < 1.29 is 9.15 Å². The van der Waals surface area contributed by atoms with Crippen molar-refractivity contribution in [3.05, 3.63) is 72.2 Å². The van der Waals surface area contributed by atoms with Crippen LogP contribution >= 0.6 is 11.8 Å². The largest absolute Gasteiger partial charge is 0.494 e. The van der Waals surface area contributed by atoms with E-state index < -0.39 is 0 Å². The molecule has 4 heterocycles. The first-order valence-electron chi connectivity index (χ1n) is 9.98. The zero-order valence-electron chi connectivity index (χ0n) is 16.5. The monoisotopic (exact) mass is 405 g/mol. The molecule has 29 heavy (non-hydrogen) atoms. The zero-order valence-corrected chi connectivity index (χ0v) is 17.3. The normalized spacial score (nSPS) is 23.2. The number of pyridine rings is 1. The summed E-state index contributed by atoms with van der Waals surface area (Å²) in [6.07, 6.45) is 1.83. The van der Waals surface area contributed by atoms with E-state index in [4.69, 9.17) is 14.1 Å². The number of furan rings is 1. The number of hydrogen-bond donors (Lipinski definition) is 0. The van der Waals surface area contributed by atoms with Crippen molar-refractivity contribution in [3.8, 4) is 17.1 Å². The second kappa shape index (κ2) is 7.59. The molecule has 0 amide bonds. The van der Waals surface area contributed by atoms with Gasteiger partial charge in [-0.15, -0.1) is 0 Å². The van der Waals surface area contributed by atoms with Crippen molar-refractivity contribution in [2.45, 2.75) is 31.2 Å². The molecule has 3 aromatic rings. The average molecular weight is 406 g/mol. The Balaban J connectivity index is 1.47. The number of fused-ring (bicyclic) bond motifs is 1. The van der Waals surface area contributed by atoms with E-state index >= 15 is 0 Å². The molecule has 6 heteroatoms. The lowest BCUT2D eigenvalue weighted by Gasteiger charge is -2.25. The number of amidine groups is 1. The molecule has 2 aliphatic heterocycles. The fourth-order valence-corrected chi connectivity index (χ4v) is 5.07. The number of ether oxygens (including phenoxy) is 1. The highest BCUT2D eigenvalue weighted by atomic mass is 32.2. The van der Waals surface area contributed by atoms with Gasteiger partial charge < -0.3 is 14.1 Å². The molecule has 148 valence electrons. The van der Waals surface area contributed by atoms with Crippen molar-refractivity contribution in [1.82, 2.24) is 9.88 Å². The Morgan fingerprint density at radius 1 is 1.14 bits per heavy atom. The first kappa shape index (κ1) is 18.3. The van der Waals surface area contributed by atoms with Crippen molar-refractivity contribution in [1.29, 1.82) is 0 Å². The molecule has 1 aromatic carbocycles. The Morgan fingerprint density at radius 3 is 2.76 bits per heavy atom. The van der Waals surface area contributed by atoms with Crippen LogP contribution in [-0.4, -0.2) is 33.5 Å². The molecule has 0 unspecified atom stereocenters. The molecular weight excluding hydrogens is 382 g/mol. The number of aliphatic imine (C=N–C) groups is 1. The van der Waals surface area contributed by atoms with E-state index in [1.807, 2.05) is 73.4 Å². The topological polar surface area (TPSA) is 50.9 Å². The molecule has 0 N–H and O–H groups in total. The van der Waals surface area contributed by atoms with Crippen molar-refractivity contribution in [2.75, 3.05) is 13.2 Å². The number of aromatic nitrogens is 1. The van der Waals surface area contributed by atoms with Crippen molar-refractivity contribution >= 4 is 16.9 Å². The van der Waals surface area contributed by atoms with Gasteiger partial charge in [-0.25, -0.2) is 4.99 Å². The summed E-state index contributed by atoms with van der Waals surface area (Å²) >= 11 is 1.83. The molecular formula is C23H23N3O2S. The summed E-state index contributed by atoms with van der Waals surface area (Å²) < 4.78 is 11.9. The second-order valence-corrected chi connectivity index (χ2v) is 8.70. The molecule has 1 saturated heterocycles. The molecule has 3 atom stereocenters. The zero-order chi connectivity index (χ0) is 19.8. The van der Waals surface area contributed by atoms with E-state index in [0.29, 0.717) is 11.9 Å². The van der Waals surface area contributed by atoms with Gasteiger partial charge in [0, 0.05) is 23.6 Å². The summed E-state index contributed by atoms with van der Waals surface area (Å²) in [4.78, 5) is 12.0. The van der Waals surface area contributed by atoms with E-state index in [2.05, 4.69) is 22.9 Å². The number of benzene rings is 1. The molecule has 5 nitrogen and oxygen atoms in total. The molecule has 0 bridgehead atoms. The van der Waals surface area contributed by atoms with Crippen LogP contribution in [-0.2, 0) is 0 Å². The van der Waals surface area contributed by atoms with Gasteiger partial charge in [-0.05, 0) is 55.5 Å². The molecule has 2 aromatic heterocycles. The van der Waals surface area contributed by atoms with E-state index in [-0.39, 0.29) is 12.1 Å². The van der Waals surface area contributed by atoms with Crippen LogP contribution in [0.3, 0.4) is 0 Å². The lowest BCUT2D eigenvalue weighted by Crippen LogP contribution is -2.28. The van der Waals surface area contributed by atoms with Crippen LogP contribution in [0.5, 0.6) is 5.75 Å². The van der Waals surface area contributed by atoms with E-state index in [1.165, 1.54) is 0 Å². The molecule has 0 spiro atoms. The highest BCUT2D eigenvalue weighted by Gasteiger charge is 2.45. The summed E-state index contributed by atoms with van der Waals surface area (Å²) in [7, 11) is 0. The fraction of sp³-hybridized carbons (Fsp3) is 0.304. The third-order valence-corrected chi connectivity index (χ3v) is 6.35. The van der Waals surface area contributed by atoms with E-state index in [0.717, 1.165) is 40.2 Å². The Bertz CT molecular complexity index is 1020. The molecule has 0 radical (unpaired) electrons. The Kier molecular flexibility index (Phi) is 4.79. The van der Waals surface area contributed by atoms with Gasteiger partial charge in [-0.2, -0.15) is 0 Å². The highest BCUT2D eigenvalue weighted by Crippen LogP contribution is 2.48. The molecule has 5 rings (SSSR count). The predicted octanol–water partition coefficient (Wildman–Crippen LogP) is 5.33. The third-order valence-electron chi connectivity index (χ3n) is 5.25. The Hall–Kier alpha value is -2.73. The lowest BCUT2D eigenvalue weighted by atomic mass is 10.0. The summed E-state index contributed by atoms with van der Waals surface area (Å²) in [6, 6.07) is 18.2. The first-order valence-corrected chi connectivity index (χ1v) is 10.9. The average Bonchev–Trinajstić information content (AvgIpc) is 3.43. The van der Waals surface area contributed by atoms with Gasteiger partial charge in [0.1, 0.15) is 29.4 Å². The maximum Gasteiger partial charge on any atom is 0.161 e. The fourth-order valence-electron chi connectivity index (χ4n) is 3.97.